The highest BCUT2D eigenvalue weighted by molar-refractivity contribution is 7.19. The molecule has 0 saturated heterocycles. The van der Waals surface area contributed by atoms with Crippen molar-refractivity contribution in [2.24, 2.45) is 4.99 Å². The van der Waals surface area contributed by atoms with E-state index in [0.29, 0.717) is 5.13 Å². The molecule has 4 aromatic rings. The zero-order valence-corrected chi connectivity index (χ0v) is 15.8. The molecule has 1 aromatic heterocycles. The van der Waals surface area contributed by atoms with Crippen molar-refractivity contribution in [2.75, 3.05) is 0 Å². The Kier molecular flexibility index (Phi) is 5.22. The molecule has 0 saturated carbocycles. The quantitative estimate of drug-likeness (QED) is 0.224. The summed E-state index contributed by atoms with van der Waals surface area (Å²) in [4.78, 5) is 20.5. The maximum Gasteiger partial charge on any atom is 0.269 e. The molecule has 0 radical (unpaired) electrons. The number of nitrogens with zero attached hydrogens (tertiary/aromatic N) is 3. The van der Waals surface area contributed by atoms with Gasteiger partial charge in [-0.2, -0.15) is 0 Å². The van der Waals surface area contributed by atoms with Crippen molar-refractivity contribution in [1.82, 2.24) is 4.98 Å². The number of hydrogen-bond acceptors (Lipinski definition) is 5. The van der Waals surface area contributed by atoms with Crippen molar-refractivity contribution < 1.29 is 9.31 Å². The largest absolute Gasteiger partial charge is 0.269 e. The van der Waals surface area contributed by atoms with Crippen LogP contribution in [0.1, 0.15) is 5.56 Å². The van der Waals surface area contributed by atoms with Gasteiger partial charge in [0.05, 0.1) is 15.5 Å². The second kappa shape index (κ2) is 8.12. The van der Waals surface area contributed by atoms with Gasteiger partial charge in [0.25, 0.3) is 5.69 Å². The lowest BCUT2D eigenvalue weighted by Gasteiger charge is -2.02. The van der Waals surface area contributed by atoms with Gasteiger partial charge < -0.3 is 0 Å². The molecule has 0 amide bonds. The lowest BCUT2D eigenvalue weighted by atomic mass is 10.1. The third-order valence-electron chi connectivity index (χ3n) is 4.20. The second-order valence-electron chi connectivity index (χ2n) is 6.15. The van der Waals surface area contributed by atoms with Crippen molar-refractivity contribution in [3.63, 3.8) is 0 Å². The molecule has 0 atom stereocenters. The van der Waals surface area contributed by atoms with Gasteiger partial charge in [-0.25, -0.2) is 14.4 Å². The predicted molar refractivity (Wildman–Crippen MR) is 113 cm³/mol. The number of benzene rings is 3. The molecule has 29 heavy (non-hydrogen) atoms. The number of hydrogen-bond donors (Lipinski definition) is 0. The minimum absolute atomic E-state index is 0.0362. The molecule has 0 spiro atoms. The fourth-order valence-electron chi connectivity index (χ4n) is 2.76. The second-order valence-corrected chi connectivity index (χ2v) is 7.13. The Morgan fingerprint density at radius 1 is 0.931 bits per heavy atom. The first kappa shape index (κ1) is 18.6. The maximum absolute atomic E-state index is 13.1. The van der Waals surface area contributed by atoms with Crippen molar-refractivity contribution >= 4 is 28.4 Å². The number of non-ortho nitro benzene ring substituents is 1. The van der Waals surface area contributed by atoms with E-state index in [4.69, 9.17) is 0 Å². The van der Waals surface area contributed by atoms with Crippen molar-refractivity contribution in [2.45, 2.75) is 0 Å². The summed E-state index contributed by atoms with van der Waals surface area (Å²) in [6.07, 6.45) is 1.63. The molecule has 0 aliphatic heterocycles. The number of aliphatic imine (C=N–C) groups is 1. The van der Waals surface area contributed by atoms with E-state index in [-0.39, 0.29) is 11.5 Å². The standard InChI is InChI=1S/C22H14FN3O2S/c23-18-10-6-15(7-11-18)14-24-22-25-20(16-4-2-1-3-5-16)21(29-22)17-8-12-19(13-9-17)26(27)28/h1-14H. The van der Waals surface area contributed by atoms with Gasteiger partial charge in [0.15, 0.2) is 0 Å². The van der Waals surface area contributed by atoms with Gasteiger partial charge >= 0.3 is 0 Å². The normalized spacial score (nSPS) is 11.1. The highest BCUT2D eigenvalue weighted by Crippen LogP contribution is 2.40. The van der Waals surface area contributed by atoms with Gasteiger partial charge in [0.2, 0.25) is 5.13 Å². The molecule has 0 aliphatic carbocycles. The molecule has 0 unspecified atom stereocenters. The number of halogens is 1. The first-order valence-electron chi connectivity index (χ1n) is 8.71. The lowest BCUT2D eigenvalue weighted by molar-refractivity contribution is -0.384. The highest BCUT2D eigenvalue weighted by atomic mass is 32.1. The molecular weight excluding hydrogens is 389 g/mol. The average Bonchev–Trinajstić information content (AvgIpc) is 3.18. The Morgan fingerprint density at radius 2 is 1.62 bits per heavy atom. The third-order valence-corrected chi connectivity index (χ3v) is 5.21. The summed E-state index contributed by atoms with van der Waals surface area (Å²) in [5, 5.41) is 11.5. The molecule has 1 heterocycles. The number of nitro groups is 1. The fraction of sp³-hybridized carbons (Fsp3) is 0. The zero-order chi connectivity index (χ0) is 20.2. The van der Waals surface area contributed by atoms with Crippen LogP contribution in [0.25, 0.3) is 21.7 Å². The summed E-state index contributed by atoms with van der Waals surface area (Å²) in [5.41, 5.74) is 3.32. The van der Waals surface area contributed by atoms with E-state index in [1.54, 1.807) is 30.5 Å². The molecule has 7 heteroatoms. The molecule has 4 rings (SSSR count). The maximum atomic E-state index is 13.1. The van der Waals surface area contributed by atoms with Gasteiger partial charge in [-0.15, -0.1) is 0 Å². The molecular formula is C22H14FN3O2S. The first-order valence-corrected chi connectivity index (χ1v) is 9.52. The van der Waals surface area contributed by atoms with E-state index in [1.165, 1.54) is 35.6 Å². The van der Waals surface area contributed by atoms with E-state index in [9.17, 15) is 14.5 Å². The van der Waals surface area contributed by atoms with Crippen LogP contribution in [-0.2, 0) is 0 Å². The van der Waals surface area contributed by atoms with Crippen molar-refractivity contribution in [3.05, 3.63) is 100 Å². The third kappa shape index (κ3) is 4.25. The SMILES string of the molecule is O=[N+]([O-])c1ccc(-c2sc(N=Cc3ccc(F)cc3)nc2-c2ccccc2)cc1. The van der Waals surface area contributed by atoms with Crippen LogP contribution in [0, 0.1) is 15.9 Å². The summed E-state index contributed by atoms with van der Waals surface area (Å²) in [6.45, 7) is 0. The van der Waals surface area contributed by atoms with E-state index < -0.39 is 4.92 Å². The smallest absolute Gasteiger partial charge is 0.258 e. The average molecular weight is 403 g/mol. The van der Waals surface area contributed by atoms with E-state index in [1.807, 2.05) is 30.3 Å². The van der Waals surface area contributed by atoms with E-state index >= 15 is 0 Å². The molecule has 0 N–H and O–H groups in total. The van der Waals surface area contributed by atoms with Gasteiger partial charge in [-0.1, -0.05) is 53.8 Å². The van der Waals surface area contributed by atoms with Gasteiger partial charge in [0, 0.05) is 23.9 Å². The van der Waals surface area contributed by atoms with Crippen LogP contribution in [0.15, 0.2) is 83.9 Å². The van der Waals surface area contributed by atoms with E-state index in [2.05, 4.69) is 9.98 Å². The topological polar surface area (TPSA) is 68.4 Å². The first-order chi connectivity index (χ1) is 14.1. The number of nitro benzene ring substituents is 1. The van der Waals surface area contributed by atoms with Crippen LogP contribution < -0.4 is 0 Å². The van der Waals surface area contributed by atoms with Gasteiger partial charge in [-0.3, -0.25) is 10.1 Å². The van der Waals surface area contributed by atoms with Crippen LogP contribution >= 0.6 is 11.3 Å². The Balaban J connectivity index is 1.74. The molecule has 3 aromatic carbocycles. The summed E-state index contributed by atoms with van der Waals surface area (Å²) in [6, 6.07) is 22.1. The van der Waals surface area contributed by atoms with Crippen LogP contribution in [-0.4, -0.2) is 16.1 Å². The Bertz CT molecular complexity index is 1170. The number of rotatable bonds is 5. The minimum Gasteiger partial charge on any atom is -0.258 e. The van der Waals surface area contributed by atoms with Gasteiger partial charge in [-0.05, 0) is 35.4 Å². The molecule has 5 nitrogen and oxygen atoms in total. The lowest BCUT2D eigenvalue weighted by Crippen LogP contribution is -1.87. The summed E-state index contributed by atoms with van der Waals surface area (Å²) >= 11 is 1.39. The van der Waals surface area contributed by atoms with Crippen molar-refractivity contribution in [3.8, 4) is 21.7 Å². The Labute approximate surface area is 170 Å². The molecule has 142 valence electrons. The molecule has 0 aliphatic rings. The number of aromatic nitrogens is 1. The van der Waals surface area contributed by atoms with Gasteiger partial charge in [0.1, 0.15) is 5.82 Å². The summed E-state index contributed by atoms with van der Waals surface area (Å²) in [7, 11) is 0. The Hall–Kier alpha value is -3.71. The Morgan fingerprint density at radius 3 is 2.28 bits per heavy atom. The number of thiazole rings is 1. The molecule has 0 bridgehead atoms. The summed E-state index contributed by atoms with van der Waals surface area (Å²) in [5.74, 6) is -0.303. The fourth-order valence-corrected chi connectivity index (χ4v) is 3.70. The van der Waals surface area contributed by atoms with Crippen LogP contribution in [0.5, 0.6) is 0 Å². The van der Waals surface area contributed by atoms with E-state index in [0.717, 1.165) is 27.3 Å². The van der Waals surface area contributed by atoms with Crippen molar-refractivity contribution in [1.29, 1.82) is 0 Å². The van der Waals surface area contributed by atoms with Crippen LogP contribution in [0.3, 0.4) is 0 Å². The van der Waals surface area contributed by atoms with Crippen LogP contribution in [0.2, 0.25) is 0 Å². The molecule has 0 fully saturated rings. The highest BCUT2D eigenvalue weighted by Gasteiger charge is 2.15. The van der Waals surface area contributed by atoms with Crippen LogP contribution in [0.4, 0.5) is 15.2 Å². The minimum atomic E-state index is -0.424. The monoisotopic (exact) mass is 403 g/mol. The predicted octanol–water partition coefficient (Wildman–Crippen LogP) is 6.28. The summed E-state index contributed by atoms with van der Waals surface area (Å²) < 4.78 is 13.1. The zero-order valence-electron chi connectivity index (χ0n) is 15.0.